The molecule has 2 heterocycles. The first kappa shape index (κ1) is 14.9. The highest BCUT2D eigenvalue weighted by Gasteiger charge is 2.34. The Balaban J connectivity index is 1.78. The third-order valence-corrected chi connectivity index (χ3v) is 5.26. The van der Waals surface area contributed by atoms with E-state index in [4.69, 9.17) is 14.5 Å². The topological polar surface area (TPSA) is 36.3 Å². The Hall–Kier alpha value is -1.65. The van der Waals surface area contributed by atoms with E-state index in [1.54, 1.807) is 0 Å². The van der Waals surface area contributed by atoms with Gasteiger partial charge < -0.3 is 14.0 Å². The van der Waals surface area contributed by atoms with E-state index in [0.29, 0.717) is 12.0 Å². The standard InChI is InChI=1S/C19H24N2O2/c1-22-19(15-10-11-23-12-15)18-17(14-6-3-2-4-7-14)20-13-21(18)16-8-5-9-16/h2-4,6-7,13,15-16,19H,5,8-12H2,1H3. The Morgan fingerprint density at radius 2 is 2.04 bits per heavy atom. The summed E-state index contributed by atoms with van der Waals surface area (Å²) in [7, 11) is 1.82. The quantitative estimate of drug-likeness (QED) is 0.837. The molecule has 23 heavy (non-hydrogen) atoms. The fourth-order valence-corrected chi connectivity index (χ4v) is 3.75. The first-order valence-electron chi connectivity index (χ1n) is 8.61. The van der Waals surface area contributed by atoms with Gasteiger partial charge >= 0.3 is 0 Å². The molecule has 2 unspecified atom stereocenters. The van der Waals surface area contributed by atoms with Crippen LogP contribution in [0, 0.1) is 5.92 Å². The molecule has 2 atom stereocenters. The van der Waals surface area contributed by atoms with Crippen molar-refractivity contribution in [3.05, 3.63) is 42.4 Å². The maximum atomic E-state index is 5.96. The molecule has 2 aromatic rings. The molecule has 0 bridgehead atoms. The molecular weight excluding hydrogens is 288 g/mol. The summed E-state index contributed by atoms with van der Waals surface area (Å²) in [5, 5.41) is 0. The molecule has 1 aromatic heterocycles. The molecular formula is C19H24N2O2. The van der Waals surface area contributed by atoms with Crippen molar-refractivity contribution in [2.75, 3.05) is 20.3 Å². The minimum Gasteiger partial charge on any atom is -0.381 e. The zero-order chi connectivity index (χ0) is 15.6. The van der Waals surface area contributed by atoms with Crippen molar-refractivity contribution in [1.29, 1.82) is 0 Å². The van der Waals surface area contributed by atoms with Gasteiger partial charge in [0, 0.05) is 31.2 Å². The maximum Gasteiger partial charge on any atom is 0.104 e. The Morgan fingerprint density at radius 3 is 2.65 bits per heavy atom. The number of hydrogen-bond donors (Lipinski definition) is 0. The molecule has 4 nitrogen and oxygen atoms in total. The number of benzene rings is 1. The second-order valence-corrected chi connectivity index (χ2v) is 6.62. The predicted octanol–water partition coefficient (Wildman–Crippen LogP) is 4.00. The van der Waals surface area contributed by atoms with Crippen LogP contribution in [0.1, 0.15) is 43.5 Å². The van der Waals surface area contributed by atoms with E-state index in [1.165, 1.54) is 30.5 Å². The minimum absolute atomic E-state index is 0.0517. The van der Waals surface area contributed by atoms with Gasteiger partial charge in [0.05, 0.1) is 24.3 Å². The highest BCUT2D eigenvalue weighted by Crippen LogP contribution is 2.41. The van der Waals surface area contributed by atoms with E-state index < -0.39 is 0 Å². The van der Waals surface area contributed by atoms with Crippen molar-refractivity contribution in [2.45, 2.75) is 37.8 Å². The van der Waals surface area contributed by atoms with Crippen molar-refractivity contribution in [2.24, 2.45) is 5.92 Å². The van der Waals surface area contributed by atoms with E-state index in [9.17, 15) is 0 Å². The number of hydrogen-bond acceptors (Lipinski definition) is 3. The molecule has 2 aliphatic rings. The maximum absolute atomic E-state index is 5.96. The first-order valence-corrected chi connectivity index (χ1v) is 8.61. The third kappa shape index (κ3) is 2.70. The SMILES string of the molecule is COC(c1c(-c2ccccc2)ncn1C1CCC1)C1CCOC1. The van der Waals surface area contributed by atoms with Crippen LogP contribution in [0.25, 0.3) is 11.3 Å². The Kier molecular flexibility index (Phi) is 4.19. The van der Waals surface area contributed by atoms with Crippen molar-refractivity contribution < 1.29 is 9.47 Å². The lowest BCUT2D eigenvalue weighted by molar-refractivity contribution is 0.0368. The van der Waals surface area contributed by atoms with Gasteiger partial charge in [0.25, 0.3) is 0 Å². The van der Waals surface area contributed by atoms with Crippen LogP contribution in [0.3, 0.4) is 0 Å². The van der Waals surface area contributed by atoms with Crippen LogP contribution in [-0.4, -0.2) is 29.9 Å². The number of aromatic nitrogens is 2. The lowest BCUT2D eigenvalue weighted by Crippen LogP contribution is -2.24. The summed E-state index contributed by atoms with van der Waals surface area (Å²) >= 11 is 0. The average molecular weight is 312 g/mol. The average Bonchev–Trinajstić information content (AvgIpc) is 3.19. The number of imidazole rings is 1. The van der Waals surface area contributed by atoms with Gasteiger partial charge in [0.1, 0.15) is 6.10 Å². The zero-order valence-corrected chi connectivity index (χ0v) is 13.6. The summed E-state index contributed by atoms with van der Waals surface area (Å²) in [5.41, 5.74) is 3.47. The van der Waals surface area contributed by atoms with Crippen molar-refractivity contribution in [3.63, 3.8) is 0 Å². The molecule has 0 radical (unpaired) electrons. The normalized spacial score (nSPS) is 22.9. The molecule has 0 amide bonds. The molecule has 1 saturated heterocycles. The van der Waals surface area contributed by atoms with Crippen molar-refractivity contribution in [3.8, 4) is 11.3 Å². The van der Waals surface area contributed by atoms with Crippen LogP contribution in [0.4, 0.5) is 0 Å². The Morgan fingerprint density at radius 1 is 1.22 bits per heavy atom. The van der Waals surface area contributed by atoms with E-state index >= 15 is 0 Å². The molecule has 2 fully saturated rings. The van der Waals surface area contributed by atoms with Crippen LogP contribution < -0.4 is 0 Å². The number of ether oxygens (including phenoxy) is 2. The van der Waals surface area contributed by atoms with E-state index in [1.807, 2.05) is 19.5 Å². The van der Waals surface area contributed by atoms with Crippen LogP contribution in [0.2, 0.25) is 0 Å². The summed E-state index contributed by atoms with van der Waals surface area (Å²) in [5.74, 6) is 0.415. The van der Waals surface area contributed by atoms with Gasteiger partial charge in [-0.15, -0.1) is 0 Å². The highest BCUT2D eigenvalue weighted by atomic mass is 16.5. The van der Waals surface area contributed by atoms with Crippen molar-refractivity contribution in [1.82, 2.24) is 9.55 Å². The van der Waals surface area contributed by atoms with Gasteiger partial charge in [0.2, 0.25) is 0 Å². The third-order valence-electron chi connectivity index (χ3n) is 5.26. The van der Waals surface area contributed by atoms with E-state index in [0.717, 1.165) is 25.3 Å². The summed E-state index contributed by atoms with van der Waals surface area (Å²) in [4.78, 5) is 4.77. The van der Waals surface area contributed by atoms with E-state index in [-0.39, 0.29) is 6.10 Å². The number of rotatable bonds is 5. The lowest BCUT2D eigenvalue weighted by atomic mass is 9.90. The molecule has 1 aliphatic heterocycles. The van der Waals surface area contributed by atoms with Crippen molar-refractivity contribution >= 4 is 0 Å². The fraction of sp³-hybridized carbons (Fsp3) is 0.526. The molecule has 1 saturated carbocycles. The number of nitrogens with zero attached hydrogens (tertiary/aromatic N) is 2. The second kappa shape index (κ2) is 6.46. The van der Waals surface area contributed by atoms with Gasteiger partial charge in [-0.2, -0.15) is 0 Å². The molecule has 4 heteroatoms. The summed E-state index contributed by atoms with van der Waals surface area (Å²) in [6.07, 6.45) is 6.93. The molecule has 1 aliphatic carbocycles. The summed E-state index contributed by atoms with van der Waals surface area (Å²) in [6, 6.07) is 11.0. The van der Waals surface area contributed by atoms with Gasteiger partial charge in [-0.3, -0.25) is 0 Å². The highest BCUT2D eigenvalue weighted by molar-refractivity contribution is 5.62. The zero-order valence-electron chi connectivity index (χ0n) is 13.6. The van der Waals surface area contributed by atoms with Crippen LogP contribution in [-0.2, 0) is 9.47 Å². The number of methoxy groups -OCH3 is 1. The van der Waals surface area contributed by atoms with Gasteiger partial charge in [-0.05, 0) is 25.7 Å². The van der Waals surface area contributed by atoms with Gasteiger partial charge in [-0.25, -0.2) is 4.98 Å². The Labute approximate surface area is 137 Å². The van der Waals surface area contributed by atoms with Crippen LogP contribution >= 0.6 is 0 Å². The first-order chi connectivity index (χ1) is 11.4. The Bertz CT molecular complexity index is 643. The van der Waals surface area contributed by atoms with E-state index in [2.05, 4.69) is 28.8 Å². The van der Waals surface area contributed by atoms with Gasteiger partial charge in [0.15, 0.2) is 0 Å². The molecule has 0 N–H and O–H groups in total. The lowest BCUT2D eigenvalue weighted by Gasteiger charge is -2.32. The van der Waals surface area contributed by atoms with Crippen LogP contribution in [0.5, 0.6) is 0 Å². The summed E-state index contributed by atoms with van der Waals surface area (Å²) in [6.45, 7) is 1.62. The smallest absolute Gasteiger partial charge is 0.104 e. The fourth-order valence-electron chi connectivity index (χ4n) is 3.75. The monoisotopic (exact) mass is 312 g/mol. The van der Waals surface area contributed by atoms with Gasteiger partial charge in [-0.1, -0.05) is 30.3 Å². The second-order valence-electron chi connectivity index (χ2n) is 6.62. The molecule has 0 spiro atoms. The molecule has 122 valence electrons. The minimum atomic E-state index is 0.0517. The largest absolute Gasteiger partial charge is 0.381 e. The summed E-state index contributed by atoms with van der Waals surface area (Å²) < 4.78 is 13.9. The predicted molar refractivity (Wildman–Crippen MR) is 89.2 cm³/mol. The molecule has 1 aromatic carbocycles. The van der Waals surface area contributed by atoms with Crippen LogP contribution in [0.15, 0.2) is 36.7 Å². The molecule has 4 rings (SSSR count).